The van der Waals surface area contributed by atoms with Gasteiger partial charge < -0.3 is 15.0 Å². The molecule has 146 valence electrons. The lowest BCUT2D eigenvalue weighted by Gasteiger charge is -2.30. The fourth-order valence-electron chi connectivity index (χ4n) is 2.19. The Morgan fingerprint density at radius 1 is 1.23 bits per heavy atom. The molecule has 1 atom stereocenters. The van der Waals surface area contributed by atoms with Gasteiger partial charge in [-0.2, -0.15) is 4.31 Å². The number of hydrogen-bond donors (Lipinski definition) is 1. The second-order valence-electron chi connectivity index (χ2n) is 5.99. The molecule has 0 spiro atoms. The summed E-state index contributed by atoms with van der Waals surface area (Å²) in [6, 6.07) is 8.46. The van der Waals surface area contributed by atoms with E-state index in [1.807, 2.05) is 30.3 Å². The Bertz CT molecular complexity index is 694. The Morgan fingerprint density at radius 2 is 1.85 bits per heavy atom. The molecule has 1 unspecified atom stereocenters. The molecule has 0 aliphatic heterocycles. The van der Waals surface area contributed by atoms with Crippen molar-refractivity contribution in [3.63, 3.8) is 0 Å². The highest BCUT2D eigenvalue weighted by Crippen LogP contribution is 2.10. The van der Waals surface area contributed by atoms with Crippen LogP contribution in [-0.2, 0) is 30.9 Å². The minimum Gasteiger partial charge on any atom is -0.383 e. The molecule has 1 rings (SSSR count). The quantitative estimate of drug-likeness (QED) is 0.575. The summed E-state index contributed by atoms with van der Waals surface area (Å²) in [5.41, 5.74) is 0.847. The summed E-state index contributed by atoms with van der Waals surface area (Å²) < 4.78 is 29.0. The number of amides is 2. The third-order valence-electron chi connectivity index (χ3n) is 3.89. The molecule has 0 bridgehead atoms. The van der Waals surface area contributed by atoms with Crippen molar-refractivity contribution >= 4 is 21.8 Å². The van der Waals surface area contributed by atoms with Gasteiger partial charge >= 0.3 is 0 Å². The predicted molar refractivity (Wildman–Crippen MR) is 98.8 cm³/mol. The number of nitrogens with one attached hydrogen (secondary N) is 1. The van der Waals surface area contributed by atoms with Crippen molar-refractivity contribution in [3.05, 3.63) is 35.9 Å². The van der Waals surface area contributed by atoms with Crippen LogP contribution >= 0.6 is 0 Å². The van der Waals surface area contributed by atoms with Gasteiger partial charge in [0.25, 0.3) is 0 Å². The Hall–Kier alpha value is -1.97. The zero-order chi connectivity index (χ0) is 19.7. The average molecular weight is 385 g/mol. The number of likely N-dealkylation sites (N-methyl/N-ethyl adjacent to an activating group) is 1. The number of nitrogens with zero attached hydrogens (tertiary/aromatic N) is 2. The highest BCUT2D eigenvalue weighted by atomic mass is 32.2. The fourth-order valence-corrected chi connectivity index (χ4v) is 2.53. The minimum atomic E-state index is -3.50. The van der Waals surface area contributed by atoms with Gasteiger partial charge in [-0.1, -0.05) is 30.3 Å². The number of sulfonamides is 1. The molecule has 1 N–H and O–H groups in total. The Kier molecular flexibility index (Phi) is 8.70. The van der Waals surface area contributed by atoms with E-state index in [-0.39, 0.29) is 19.0 Å². The van der Waals surface area contributed by atoms with Crippen LogP contribution in [0, 0.1) is 0 Å². The number of methoxy groups -OCH3 is 1. The predicted octanol–water partition coefficient (Wildman–Crippen LogP) is 0.0577. The summed E-state index contributed by atoms with van der Waals surface area (Å²) in [6.45, 7) is 2.18. The van der Waals surface area contributed by atoms with Gasteiger partial charge in [0, 0.05) is 27.2 Å². The van der Waals surface area contributed by atoms with Crippen LogP contribution in [0.15, 0.2) is 30.3 Å². The van der Waals surface area contributed by atoms with Crippen molar-refractivity contribution in [1.29, 1.82) is 0 Å². The second-order valence-corrected chi connectivity index (χ2v) is 8.08. The summed E-state index contributed by atoms with van der Waals surface area (Å²) in [5, 5.41) is 2.70. The van der Waals surface area contributed by atoms with Gasteiger partial charge in [0.15, 0.2) is 0 Å². The number of carbonyl (C=O) groups is 2. The zero-order valence-corrected chi connectivity index (χ0v) is 16.5. The molecule has 0 radical (unpaired) electrons. The summed E-state index contributed by atoms with van der Waals surface area (Å²) >= 11 is 0. The molecule has 0 aromatic heterocycles. The van der Waals surface area contributed by atoms with Crippen molar-refractivity contribution in [1.82, 2.24) is 14.5 Å². The van der Waals surface area contributed by atoms with Gasteiger partial charge in [-0.25, -0.2) is 8.42 Å². The SMILES string of the molecule is COCCNC(=O)C(C)N(Cc1ccccc1)C(=O)CN(C)S(C)(=O)=O. The molecule has 0 fully saturated rings. The Morgan fingerprint density at radius 3 is 2.38 bits per heavy atom. The van der Waals surface area contributed by atoms with E-state index in [1.165, 1.54) is 19.1 Å². The summed E-state index contributed by atoms with van der Waals surface area (Å²) in [5.74, 6) is -0.774. The van der Waals surface area contributed by atoms with Gasteiger partial charge in [-0.05, 0) is 12.5 Å². The molecular formula is C17H27N3O5S. The van der Waals surface area contributed by atoms with Crippen LogP contribution in [0.2, 0.25) is 0 Å². The number of ether oxygens (including phenoxy) is 1. The zero-order valence-electron chi connectivity index (χ0n) is 15.6. The van der Waals surface area contributed by atoms with E-state index in [0.717, 1.165) is 16.1 Å². The minimum absolute atomic E-state index is 0.205. The molecule has 0 saturated carbocycles. The van der Waals surface area contributed by atoms with Crippen LogP contribution in [-0.4, -0.2) is 75.6 Å². The third-order valence-corrected chi connectivity index (χ3v) is 5.15. The van der Waals surface area contributed by atoms with E-state index < -0.39 is 22.0 Å². The first-order chi connectivity index (χ1) is 12.2. The van der Waals surface area contributed by atoms with E-state index in [1.54, 1.807) is 6.92 Å². The van der Waals surface area contributed by atoms with E-state index >= 15 is 0 Å². The molecule has 9 heteroatoms. The number of rotatable bonds is 10. The van der Waals surface area contributed by atoms with Crippen molar-refractivity contribution < 1.29 is 22.7 Å². The van der Waals surface area contributed by atoms with Crippen LogP contribution in [0.5, 0.6) is 0 Å². The van der Waals surface area contributed by atoms with Crippen LogP contribution in [0.3, 0.4) is 0 Å². The molecule has 0 saturated heterocycles. The molecular weight excluding hydrogens is 358 g/mol. The summed E-state index contributed by atoms with van der Waals surface area (Å²) in [4.78, 5) is 26.4. The van der Waals surface area contributed by atoms with Gasteiger partial charge in [-0.3, -0.25) is 9.59 Å². The topological polar surface area (TPSA) is 96.0 Å². The number of hydrogen-bond acceptors (Lipinski definition) is 5. The normalized spacial score (nSPS) is 12.7. The van der Waals surface area contributed by atoms with Crippen LogP contribution in [0.4, 0.5) is 0 Å². The molecule has 1 aromatic rings. The lowest BCUT2D eigenvalue weighted by atomic mass is 10.1. The smallest absolute Gasteiger partial charge is 0.242 e. The van der Waals surface area contributed by atoms with Crippen molar-refractivity contribution in [3.8, 4) is 0 Å². The first kappa shape index (κ1) is 22.1. The maximum Gasteiger partial charge on any atom is 0.242 e. The lowest BCUT2D eigenvalue weighted by Crippen LogP contribution is -2.50. The molecule has 8 nitrogen and oxygen atoms in total. The molecule has 1 aromatic carbocycles. The second kappa shape index (κ2) is 10.2. The van der Waals surface area contributed by atoms with Gasteiger partial charge in [-0.15, -0.1) is 0 Å². The largest absolute Gasteiger partial charge is 0.383 e. The number of benzene rings is 1. The fraction of sp³-hybridized carbons (Fsp3) is 0.529. The Labute approximate surface area is 155 Å². The lowest BCUT2D eigenvalue weighted by molar-refractivity contribution is -0.140. The van der Waals surface area contributed by atoms with Gasteiger partial charge in [0.05, 0.1) is 19.4 Å². The van der Waals surface area contributed by atoms with E-state index in [9.17, 15) is 18.0 Å². The van der Waals surface area contributed by atoms with E-state index in [2.05, 4.69) is 5.32 Å². The van der Waals surface area contributed by atoms with Crippen molar-refractivity contribution in [2.75, 3.05) is 40.1 Å². The first-order valence-electron chi connectivity index (χ1n) is 8.18. The summed E-state index contributed by atoms with van der Waals surface area (Å²) in [7, 11) is -0.639. The first-order valence-corrected chi connectivity index (χ1v) is 10.0. The molecule has 26 heavy (non-hydrogen) atoms. The monoisotopic (exact) mass is 385 g/mol. The van der Waals surface area contributed by atoms with Crippen LogP contribution < -0.4 is 5.32 Å². The van der Waals surface area contributed by atoms with Gasteiger partial charge in [0.2, 0.25) is 21.8 Å². The van der Waals surface area contributed by atoms with Crippen molar-refractivity contribution in [2.24, 2.45) is 0 Å². The summed E-state index contributed by atoms with van der Waals surface area (Å²) in [6.07, 6.45) is 1.03. The average Bonchev–Trinajstić information content (AvgIpc) is 2.59. The third kappa shape index (κ3) is 7.11. The maximum atomic E-state index is 12.7. The maximum absolute atomic E-state index is 12.7. The highest BCUT2D eigenvalue weighted by Gasteiger charge is 2.28. The number of carbonyl (C=O) groups excluding carboxylic acids is 2. The van der Waals surface area contributed by atoms with E-state index in [4.69, 9.17) is 4.74 Å². The van der Waals surface area contributed by atoms with Crippen LogP contribution in [0.25, 0.3) is 0 Å². The standard InChI is InChI=1S/C17H27N3O5S/c1-14(17(22)18-10-11-25-3)20(12-15-8-6-5-7-9-15)16(21)13-19(2)26(4,23)24/h5-9,14H,10-13H2,1-4H3,(H,18,22). The molecule has 2 amide bonds. The molecule has 0 aliphatic rings. The van der Waals surface area contributed by atoms with Crippen LogP contribution in [0.1, 0.15) is 12.5 Å². The van der Waals surface area contributed by atoms with Gasteiger partial charge in [0.1, 0.15) is 6.04 Å². The molecule has 0 heterocycles. The highest BCUT2D eigenvalue weighted by molar-refractivity contribution is 7.88. The van der Waals surface area contributed by atoms with Crippen molar-refractivity contribution in [2.45, 2.75) is 19.5 Å². The van der Waals surface area contributed by atoms with E-state index in [0.29, 0.717) is 13.2 Å². The Balaban J connectivity index is 2.93. The molecule has 0 aliphatic carbocycles.